The molecule has 1 heterocycles. The Hall–Kier alpha value is -1.31. The van der Waals surface area contributed by atoms with E-state index in [1.165, 1.54) is 4.90 Å². The highest BCUT2D eigenvalue weighted by Crippen LogP contribution is 2.37. The Balaban J connectivity index is 1.87. The molecule has 8 heteroatoms. The van der Waals surface area contributed by atoms with E-state index >= 15 is 0 Å². The summed E-state index contributed by atoms with van der Waals surface area (Å²) in [6.45, 7) is -0.844. The number of carboxylic acid groups (broad SMARTS) is 1. The second-order valence-electron chi connectivity index (χ2n) is 6.54. The lowest BCUT2D eigenvalue weighted by molar-refractivity contribution is -0.188. The number of nitrogens with zero attached hydrogens (tertiary/aromatic N) is 1. The zero-order valence-electron chi connectivity index (χ0n) is 12.9. The lowest BCUT2D eigenvalue weighted by atomic mass is 9.96. The van der Waals surface area contributed by atoms with Crippen molar-refractivity contribution in [2.75, 3.05) is 19.6 Å². The van der Waals surface area contributed by atoms with Crippen LogP contribution in [-0.2, 0) is 9.59 Å². The van der Waals surface area contributed by atoms with Crippen molar-refractivity contribution in [1.82, 2.24) is 10.2 Å². The molecular weight excluding hydrogens is 313 g/mol. The van der Waals surface area contributed by atoms with Crippen molar-refractivity contribution in [2.24, 2.45) is 11.8 Å². The Kier molecular flexibility index (Phi) is 5.89. The van der Waals surface area contributed by atoms with E-state index in [4.69, 9.17) is 5.11 Å². The molecule has 0 aromatic carbocycles. The normalized spacial score (nSPS) is 27.6. The minimum absolute atomic E-state index is 0.0845. The lowest BCUT2D eigenvalue weighted by Gasteiger charge is -2.20. The zero-order chi connectivity index (χ0) is 17.0. The summed E-state index contributed by atoms with van der Waals surface area (Å²) in [5.74, 6) is -5.19. The fourth-order valence-corrected chi connectivity index (χ4v) is 3.50. The van der Waals surface area contributed by atoms with Crippen LogP contribution in [0, 0.1) is 11.8 Å². The molecular formula is C15H23F3N2O3. The third-order valence-electron chi connectivity index (χ3n) is 4.72. The molecule has 1 amide bonds. The van der Waals surface area contributed by atoms with Gasteiger partial charge in [0.25, 0.3) is 0 Å². The highest BCUT2D eigenvalue weighted by atomic mass is 19.4. The average molecular weight is 336 g/mol. The monoisotopic (exact) mass is 336 g/mol. The average Bonchev–Trinajstić information content (AvgIpc) is 2.70. The standard InChI is InChI=1S/C15H23F3N2O3/c16-15(17,18)12-8-20(7-11(12)14(22)23)9-13(21)19-10-5-3-1-2-4-6-10/h10-12H,1-9H2,(H,19,21)(H,22,23)/t11-,12-/m1/s1. The molecule has 2 rings (SSSR count). The highest BCUT2D eigenvalue weighted by molar-refractivity contribution is 5.78. The molecule has 1 saturated carbocycles. The molecule has 2 atom stereocenters. The van der Waals surface area contributed by atoms with Gasteiger partial charge < -0.3 is 10.4 Å². The van der Waals surface area contributed by atoms with Crippen molar-refractivity contribution in [1.29, 1.82) is 0 Å². The Morgan fingerprint density at radius 3 is 2.17 bits per heavy atom. The Bertz CT molecular complexity index is 434. The first kappa shape index (κ1) is 18.0. The molecule has 2 aliphatic rings. The maximum atomic E-state index is 12.9. The summed E-state index contributed by atoms with van der Waals surface area (Å²) >= 11 is 0. The van der Waals surface area contributed by atoms with Gasteiger partial charge in [0, 0.05) is 19.1 Å². The molecule has 0 radical (unpaired) electrons. The van der Waals surface area contributed by atoms with Gasteiger partial charge in [0.1, 0.15) is 0 Å². The Morgan fingerprint density at radius 1 is 1.09 bits per heavy atom. The van der Waals surface area contributed by atoms with Crippen molar-refractivity contribution in [3.8, 4) is 0 Å². The highest BCUT2D eigenvalue weighted by Gasteiger charge is 2.52. The van der Waals surface area contributed by atoms with Gasteiger partial charge in [-0.05, 0) is 12.8 Å². The number of carbonyl (C=O) groups excluding carboxylic acids is 1. The molecule has 1 aliphatic heterocycles. The van der Waals surface area contributed by atoms with Crippen LogP contribution in [0.15, 0.2) is 0 Å². The summed E-state index contributed by atoms with van der Waals surface area (Å²) in [6, 6.07) is 0.0845. The number of amides is 1. The van der Waals surface area contributed by atoms with E-state index in [-0.39, 0.29) is 25.0 Å². The molecule has 0 unspecified atom stereocenters. The van der Waals surface area contributed by atoms with Crippen LogP contribution >= 0.6 is 0 Å². The van der Waals surface area contributed by atoms with Gasteiger partial charge in [-0.25, -0.2) is 0 Å². The SMILES string of the molecule is O=C(CN1C[C@@H](C(F)(F)F)[C@H](C(=O)O)C1)NC1CCCCCC1. The predicted molar refractivity (Wildman–Crippen MR) is 76.7 cm³/mol. The number of likely N-dealkylation sites (tertiary alicyclic amines) is 1. The summed E-state index contributed by atoms with van der Waals surface area (Å²) < 4.78 is 38.7. The van der Waals surface area contributed by atoms with Gasteiger partial charge in [-0.3, -0.25) is 14.5 Å². The van der Waals surface area contributed by atoms with Gasteiger partial charge in [-0.2, -0.15) is 13.2 Å². The predicted octanol–water partition coefficient (Wildman–Crippen LogP) is 2.02. The molecule has 2 N–H and O–H groups in total. The van der Waals surface area contributed by atoms with Crippen LogP contribution in [0.3, 0.4) is 0 Å². The van der Waals surface area contributed by atoms with E-state index in [9.17, 15) is 22.8 Å². The minimum atomic E-state index is -4.56. The van der Waals surface area contributed by atoms with E-state index < -0.39 is 30.5 Å². The van der Waals surface area contributed by atoms with Gasteiger partial charge in [0.15, 0.2) is 0 Å². The van der Waals surface area contributed by atoms with Crippen molar-refractivity contribution in [3.63, 3.8) is 0 Å². The molecule has 0 aromatic rings. The quantitative estimate of drug-likeness (QED) is 0.771. The Morgan fingerprint density at radius 2 is 1.70 bits per heavy atom. The van der Waals surface area contributed by atoms with Crippen molar-refractivity contribution < 1.29 is 27.9 Å². The molecule has 5 nitrogen and oxygen atoms in total. The fourth-order valence-electron chi connectivity index (χ4n) is 3.50. The molecule has 0 aromatic heterocycles. The molecule has 23 heavy (non-hydrogen) atoms. The van der Waals surface area contributed by atoms with Crippen LogP contribution in [0.4, 0.5) is 13.2 Å². The van der Waals surface area contributed by atoms with Crippen LogP contribution in [-0.4, -0.2) is 53.7 Å². The van der Waals surface area contributed by atoms with E-state index in [2.05, 4.69) is 5.32 Å². The minimum Gasteiger partial charge on any atom is -0.481 e. The van der Waals surface area contributed by atoms with Crippen LogP contribution in [0.5, 0.6) is 0 Å². The maximum absolute atomic E-state index is 12.9. The summed E-state index contributed by atoms with van der Waals surface area (Å²) in [7, 11) is 0. The number of halogens is 3. The van der Waals surface area contributed by atoms with E-state index in [0.717, 1.165) is 38.5 Å². The number of rotatable bonds is 4. The third-order valence-corrected chi connectivity index (χ3v) is 4.72. The lowest BCUT2D eigenvalue weighted by Crippen LogP contribution is -2.41. The fraction of sp³-hybridized carbons (Fsp3) is 0.867. The second-order valence-corrected chi connectivity index (χ2v) is 6.54. The number of aliphatic carboxylic acids is 1. The number of hydrogen-bond acceptors (Lipinski definition) is 3. The molecule has 0 spiro atoms. The first-order valence-corrected chi connectivity index (χ1v) is 8.08. The second kappa shape index (κ2) is 7.51. The van der Waals surface area contributed by atoms with Gasteiger partial charge in [0.05, 0.1) is 18.4 Å². The van der Waals surface area contributed by atoms with Crippen molar-refractivity contribution in [2.45, 2.75) is 50.7 Å². The summed E-state index contributed by atoms with van der Waals surface area (Å²) in [6.07, 6.45) is 1.62. The topological polar surface area (TPSA) is 69.6 Å². The van der Waals surface area contributed by atoms with Gasteiger partial charge in [0.2, 0.25) is 5.91 Å². The van der Waals surface area contributed by atoms with Crippen LogP contribution < -0.4 is 5.32 Å². The summed E-state index contributed by atoms with van der Waals surface area (Å²) in [5, 5.41) is 11.8. The number of carbonyl (C=O) groups is 2. The third kappa shape index (κ3) is 5.09. The Labute approximate surface area is 133 Å². The van der Waals surface area contributed by atoms with Gasteiger partial charge in [-0.1, -0.05) is 25.7 Å². The maximum Gasteiger partial charge on any atom is 0.393 e. The van der Waals surface area contributed by atoms with Gasteiger partial charge in [-0.15, -0.1) is 0 Å². The first-order chi connectivity index (χ1) is 10.8. The zero-order valence-corrected chi connectivity index (χ0v) is 12.9. The molecule has 132 valence electrons. The molecule has 1 saturated heterocycles. The molecule has 2 fully saturated rings. The number of nitrogens with one attached hydrogen (secondary N) is 1. The van der Waals surface area contributed by atoms with E-state index in [0.29, 0.717) is 0 Å². The van der Waals surface area contributed by atoms with Crippen LogP contribution in [0.25, 0.3) is 0 Å². The van der Waals surface area contributed by atoms with Crippen LogP contribution in [0.2, 0.25) is 0 Å². The summed E-state index contributed by atoms with van der Waals surface area (Å²) in [5.41, 5.74) is 0. The smallest absolute Gasteiger partial charge is 0.393 e. The van der Waals surface area contributed by atoms with Crippen molar-refractivity contribution >= 4 is 11.9 Å². The molecule has 1 aliphatic carbocycles. The van der Waals surface area contributed by atoms with Gasteiger partial charge >= 0.3 is 12.1 Å². The summed E-state index contributed by atoms with van der Waals surface area (Å²) in [4.78, 5) is 24.3. The van der Waals surface area contributed by atoms with Crippen LogP contribution in [0.1, 0.15) is 38.5 Å². The van der Waals surface area contributed by atoms with Crippen molar-refractivity contribution in [3.05, 3.63) is 0 Å². The number of alkyl halides is 3. The largest absolute Gasteiger partial charge is 0.481 e. The number of hydrogen-bond donors (Lipinski definition) is 2. The van der Waals surface area contributed by atoms with E-state index in [1.54, 1.807) is 0 Å². The van der Waals surface area contributed by atoms with E-state index in [1.807, 2.05) is 0 Å². The number of carboxylic acids is 1. The first-order valence-electron chi connectivity index (χ1n) is 8.08. The molecule has 0 bridgehead atoms.